The van der Waals surface area contributed by atoms with E-state index in [1.807, 2.05) is 35.2 Å². The van der Waals surface area contributed by atoms with Crippen LogP contribution in [0.25, 0.3) is 0 Å². The van der Waals surface area contributed by atoms with Crippen LogP contribution in [0.1, 0.15) is 12.5 Å². The summed E-state index contributed by atoms with van der Waals surface area (Å²) in [5, 5.41) is 0. The lowest BCUT2D eigenvalue weighted by Crippen LogP contribution is -2.42. The van der Waals surface area contributed by atoms with Crippen molar-refractivity contribution in [3.05, 3.63) is 35.9 Å². The van der Waals surface area contributed by atoms with Crippen LogP contribution in [0.2, 0.25) is 0 Å². The average molecular weight is 272 g/mol. The average Bonchev–Trinajstić information content (AvgIpc) is 2.68. The normalized spacial score (nSPS) is 28.8. The molecular formula is C14H19F3N2. The van der Waals surface area contributed by atoms with Gasteiger partial charge in [0.2, 0.25) is 0 Å². The van der Waals surface area contributed by atoms with E-state index in [4.69, 9.17) is 5.73 Å². The third-order valence-corrected chi connectivity index (χ3v) is 3.98. The van der Waals surface area contributed by atoms with Crippen molar-refractivity contribution in [2.75, 3.05) is 19.6 Å². The highest BCUT2D eigenvalue weighted by atomic mass is 19.4. The summed E-state index contributed by atoms with van der Waals surface area (Å²) in [6.45, 7) is 2.66. The van der Waals surface area contributed by atoms with Crippen LogP contribution >= 0.6 is 0 Å². The van der Waals surface area contributed by atoms with Crippen molar-refractivity contribution in [2.45, 2.75) is 19.6 Å². The Balaban J connectivity index is 2.11. The molecule has 1 aliphatic heterocycles. The zero-order valence-electron chi connectivity index (χ0n) is 11.0. The first-order chi connectivity index (χ1) is 8.85. The van der Waals surface area contributed by atoms with Crippen LogP contribution in [0.15, 0.2) is 30.3 Å². The minimum Gasteiger partial charge on any atom is -0.330 e. The lowest BCUT2D eigenvalue weighted by atomic mass is 9.79. The van der Waals surface area contributed by atoms with Crippen LogP contribution in [0, 0.1) is 11.3 Å². The zero-order valence-corrected chi connectivity index (χ0v) is 11.0. The van der Waals surface area contributed by atoms with Gasteiger partial charge in [-0.15, -0.1) is 0 Å². The highest BCUT2D eigenvalue weighted by Crippen LogP contribution is 2.45. The van der Waals surface area contributed by atoms with Gasteiger partial charge in [-0.25, -0.2) is 0 Å². The summed E-state index contributed by atoms with van der Waals surface area (Å²) in [5.41, 5.74) is 5.73. The van der Waals surface area contributed by atoms with Crippen molar-refractivity contribution in [3.63, 3.8) is 0 Å². The topological polar surface area (TPSA) is 29.3 Å². The van der Waals surface area contributed by atoms with Gasteiger partial charge >= 0.3 is 6.18 Å². The van der Waals surface area contributed by atoms with E-state index < -0.39 is 17.5 Å². The van der Waals surface area contributed by atoms with Gasteiger partial charge in [-0.05, 0) is 12.1 Å². The van der Waals surface area contributed by atoms with Crippen molar-refractivity contribution < 1.29 is 13.2 Å². The fourth-order valence-electron chi connectivity index (χ4n) is 2.83. The second-order valence-corrected chi connectivity index (χ2v) is 5.61. The maximum absolute atomic E-state index is 13.1. The number of rotatable bonds is 3. The molecule has 1 aromatic carbocycles. The summed E-state index contributed by atoms with van der Waals surface area (Å²) in [4.78, 5) is 1.85. The van der Waals surface area contributed by atoms with Gasteiger partial charge < -0.3 is 5.73 Å². The molecule has 1 heterocycles. The quantitative estimate of drug-likeness (QED) is 0.916. The number of hydrogen-bond donors (Lipinski definition) is 1. The largest absolute Gasteiger partial charge is 0.393 e. The number of likely N-dealkylation sites (tertiary alicyclic amines) is 1. The molecule has 1 fully saturated rings. The molecule has 0 radical (unpaired) electrons. The van der Waals surface area contributed by atoms with Crippen LogP contribution in [0.4, 0.5) is 13.2 Å². The van der Waals surface area contributed by atoms with Gasteiger partial charge in [-0.3, -0.25) is 4.90 Å². The Hall–Kier alpha value is -1.07. The van der Waals surface area contributed by atoms with Crippen LogP contribution in [0.3, 0.4) is 0 Å². The highest BCUT2D eigenvalue weighted by Gasteiger charge is 2.55. The maximum atomic E-state index is 13.1. The van der Waals surface area contributed by atoms with E-state index in [2.05, 4.69) is 0 Å². The van der Waals surface area contributed by atoms with Crippen LogP contribution in [-0.4, -0.2) is 30.7 Å². The Morgan fingerprint density at radius 2 is 1.95 bits per heavy atom. The number of alkyl halides is 3. The number of nitrogens with two attached hydrogens (primary N) is 1. The van der Waals surface area contributed by atoms with Crippen molar-refractivity contribution in [3.8, 4) is 0 Å². The first kappa shape index (κ1) is 14.3. The lowest BCUT2D eigenvalue weighted by molar-refractivity contribution is -0.192. The second-order valence-electron chi connectivity index (χ2n) is 5.61. The van der Waals surface area contributed by atoms with Gasteiger partial charge in [0, 0.05) is 25.0 Å². The van der Waals surface area contributed by atoms with Gasteiger partial charge in [0.25, 0.3) is 0 Å². The summed E-state index contributed by atoms with van der Waals surface area (Å²) < 4.78 is 39.2. The van der Waals surface area contributed by atoms with Gasteiger partial charge in [0.15, 0.2) is 0 Å². The van der Waals surface area contributed by atoms with E-state index in [1.54, 1.807) is 6.92 Å². The Kier molecular flexibility index (Phi) is 3.87. The molecule has 0 spiro atoms. The molecule has 2 N–H and O–H groups in total. The fraction of sp³-hybridized carbons (Fsp3) is 0.571. The van der Waals surface area contributed by atoms with Gasteiger partial charge in [0.1, 0.15) is 0 Å². The summed E-state index contributed by atoms with van der Waals surface area (Å²) in [6, 6.07) is 9.56. The zero-order chi connectivity index (χ0) is 14.1. The third kappa shape index (κ3) is 3.09. The molecule has 1 aliphatic rings. The molecule has 0 bridgehead atoms. The molecule has 5 heteroatoms. The Bertz CT molecular complexity index is 418. The summed E-state index contributed by atoms with van der Waals surface area (Å²) in [6.07, 6.45) is -4.18. The molecule has 2 nitrogen and oxygen atoms in total. The Morgan fingerprint density at radius 3 is 2.42 bits per heavy atom. The van der Waals surface area contributed by atoms with Crippen LogP contribution in [-0.2, 0) is 6.54 Å². The molecule has 2 atom stereocenters. The molecule has 1 aromatic rings. The molecular weight excluding hydrogens is 253 g/mol. The molecule has 0 saturated carbocycles. The van der Waals surface area contributed by atoms with Crippen molar-refractivity contribution in [1.82, 2.24) is 4.90 Å². The molecule has 0 amide bonds. The molecule has 0 aliphatic carbocycles. The Morgan fingerprint density at radius 1 is 1.32 bits per heavy atom. The molecule has 19 heavy (non-hydrogen) atoms. The van der Waals surface area contributed by atoms with E-state index in [-0.39, 0.29) is 13.1 Å². The Labute approximate surface area is 111 Å². The fourth-order valence-corrected chi connectivity index (χ4v) is 2.83. The monoisotopic (exact) mass is 272 g/mol. The first-order valence-corrected chi connectivity index (χ1v) is 6.38. The van der Waals surface area contributed by atoms with E-state index in [0.29, 0.717) is 13.1 Å². The summed E-state index contributed by atoms with van der Waals surface area (Å²) in [5.74, 6) is -1.34. The second kappa shape index (κ2) is 5.13. The minimum absolute atomic E-state index is 0.0338. The van der Waals surface area contributed by atoms with E-state index in [0.717, 1.165) is 5.56 Å². The summed E-state index contributed by atoms with van der Waals surface area (Å²) >= 11 is 0. The number of hydrogen-bond acceptors (Lipinski definition) is 2. The van der Waals surface area contributed by atoms with Crippen molar-refractivity contribution in [2.24, 2.45) is 17.1 Å². The predicted octanol–water partition coefficient (Wildman–Crippen LogP) is 2.65. The van der Waals surface area contributed by atoms with Crippen molar-refractivity contribution in [1.29, 1.82) is 0 Å². The highest BCUT2D eigenvalue weighted by molar-refractivity contribution is 5.15. The standard InChI is InChI=1S/C14H19F3N2/c1-13(9-18)10-19(8-12(13)14(15,16)17)7-11-5-3-2-4-6-11/h2-6,12H,7-10,18H2,1H3/t12-,13+/m0/s1. The smallest absolute Gasteiger partial charge is 0.330 e. The van der Waals surface area contributed by atoms with E-state index in [9.17, 15) is 13.2 Å². The number of benzene rings is 1. The van der Waals surface area contributed by atoms with Crippen LogP contribution in [0.5, 0.6) is 0 Å². The molecule has 0 aromatic heterocycles. The number of halogens is 3. The SMILES string of the molecule is C[C@@]1(CN)CN(Cc2ccccc2)C[C@@H]1C(F)(F)F. The molecule has 0 unspecified atom stereocenters. The minimum atomic E-state index is -4.18. The van der Waals surface area contributed by atoms with Gasteiger partial charge in [-0.2, -0.15) is 13.2 Å². The predicted molar refractivity (Wildman–Crippen MR) is 68.4 cm³/mol. The van der Waals surface area contributed by atoms with Crippen molar-refractivity contribution >= 4 is 0 Å². The van der Waals surface area contributed by atoms with E-state index >= 15 is 0 Å². The van der Waals surface area contributed by atoms with Gasteiger partial charge in [-0.1, -0.05) is 37.3 Å². The third-order valence-electron chi connectivity index (χ3n) is 3.98. The number of nitrogens with zero attached hydrogens (tertiary/aromatic N) is 1. The van der Waals surface area contributed by atoms with Crippen LogP contribution < -0.4 is 5.73 Å². The first-order valence-electron chi connectivity index (χ1n) is 6.38. The summed E-state index contributed by atoms with van der Waals surface area (Å²) in [7, 11) is 0. The molecule has 106 valence electrons. The maximum Gasteiger partial charge on any atom is 0.393 e. The molecule has 1 saturated heterocycles. The lowest BCUT2D eigenvalue weighted by Gasteiger charge is -2.30. The van der Waals surface area contributed by atoms with Gasteiger partial charge in [0.05, 0.1) is 5.92 Å². The molecule has 2 rings (SSSR count). The van der Waals surface area contributed by atoms with E-state index in [1.165, 1.54) is 0 Å².